The number of hydrogen-bond donors (Lipinski definition) is 1. The standard InChI is InChI=1S/C19H23N3O3/c1-2-24-15-7-8-18-21-16(11-22(18)10-15)19(23)20-14-9-13-5-3-4-6-17(13)25-12-14/h3-6,11,14-15H,2,7-10,12H2,1H3,(H,20,23). The first-order valence-corrected chi connectivity index (χ1v) is 8.92. The summed E-state index contributed by atoms with van der Waals surface area (Å²) in [6.45, 7) is 3.98. The van der Waals surface area contributed by atoms with Gasteiger partial charge in [0.15, 0.2) is 0 Å². The van der Waals surface area contributed by atoms with Crippen molar-refractivity contribution in [3.05, 3.63) is 47.5 Å². The molecule has 0 spiro atoms. The molecule has 2 aromatic rings. The van der Waals surface area contributed by atoms with Gasteiger partial charge in [0, 0.05) is 19.2 Å². The van der Waals surface area contributed by atoms with E-state index in [0.717, 1.165) is 42.9 Å². The summed E-state index contributed by atoms with van der Waals surface area (Å²) in [5.74, 6) is 1.74. The van der Waals surface area contributed by atoms with Crippen LogP contribution in [0.2, 0.25) is 0 Å². The Morgan fingerprint density at radius 1 is 1.44 bits per heavy atom. The van der Waals surface area contributed by atoms with Crippen LogP contribution in [0, 0.1) is 0 Å². The molecule has 2 aliphatic heterocycles. The van der Waals surface area contributed by atoms with Crippen molar-refractivity contribution in [2.24, 2.45) is 0 Å². The number of carbonyl (C=O) groups excluding carboxylic acids is 1. The number of aromatic nitrogens is 2. The van der Waals surface area contributed by atoms with E-state index in [-0.39, 0.29) is 18.1 Å². The van der Waals surface area contributed by atoms with E-state index in [1.54, 1.807) is 0 Å². The summed E-state index contributed by atoms with van der Waals surface area (Å²) < 4.78 is 13.5. The SMILES string of the molecule is CCOC1CCc2nc(C(=O)NC3COc4ccccc4C3)cn2C1. The Balaban J connectivity index is 1.41. The normalized spacial score (nSPS) is 21.8. The number of nitrogens with zero attached hydrogens (tertiary/aromatic N) is 2. The van der Waals surface area contributed by atoms with E-state index >= 15 is 0 Å². The van der Waals surface area contributed by atoms with Crippen LogP contribution in [0.3, 0.4) is 0 Å². The van der Waals surface area contributed by atoms with E-state index in [0.29, 0.717) is 18.9 Å². The van der Waals surface area contributed by atoms with Gasteiger partial charge in [-0.15, -0.1) is 0 Å². The number of benzene rings is 1. The average Bonchev–Trinajstić information content (AvgIpc) is 3.05. The summed E-state index contributed by atoms with van der Waals surface area (Å²) in [7, 11) is 0. The molecule has 2 unspecified atom stereocenters. The van der Waals surface area contributed by atoms with Crippen molar-refractivity contribution in [2.45, 2.75) is 44.9 Å². The number of fused-ring (bicyclic) bond motifs is 2. The van der Waals surface area contributed by atoms with Gasteiger partial charge in [-0.05, 0) is 31.4 Å². The number of para-hydroxylation sites is 1. The molecule has 0 aliphatic carbocycles. The smallest absolute Gasteiger partial charge is 0.271 e. The first-order valence-electron chi connectivity index (χ1n) is 8.92. The van der Waals surface area contributed by atoms with Crippen molar-refractivity contribution in [2.75, 3.05) is 13.2 Å². The molecule has 0 saturated carbocycles. The molecule has 0 bridgehead atoms. The zero-order chi connectivity index (χ0) is 17.2. The summed E-state index contributed by atoms with van der Waals surface area (Å²) >= 11 is 0. The molecular weight excluding hydrogens is 318 g/mol. The molecule has 0 fully saturated rings. The van der Waals surface area contributed by atoms with Gasteiger partial charge >= 0.3 is 0 Å². The molecule has 0 saturated heterocycles. The van der Waals surface area contributed by atoms with Crippen molar-refractivity contribution in [1.29, 1.82) is 0 Å². The summed E-state index contributed by atoms with van der Waals surface area (Å²) in [6, 6.07) is 7.92. The van der Waals surface area contributed by atoms with E-state index < -0.39 is 0 Å². The molecule has 1 aromatic heterocycles. The summed E-state index contributed by atoms with van der Waals surface area (Å²) in [4.78, 5) is 17.1. The minimum Gasteiger partial charge on any atom is -0.491 e. The Morgan fingerprint density at radius 3 is 3.20 bits per heavy atom. The molecular formula is C19H23N3O3. The van der Waals surface area contributed by atoms with Crippen molar-refractivity contribution in [1.82, 2.24) is 14.9 Å². The maximum Gasteiger partial charge on any atom is 0.271 e. The number of amides is 1. The Hall–Kier alpha value is -2.34. The lowest BCUT2D eigenvalue weighted by Gasteiger charge is -2.25. The third-order valence-electron chi connectivity index (χ3n) is 4.80. The largest absolute Gasteiger partial charge is 0.491 e. The van der Waals surface area contributed by atoms with Crippen LogP contribution in [0.5, 0.6) is 5.75 Å². The van der Waals surface area contributed by atoms with E-state index in [9.17, 15) is 4.79 Å². The van der Waals surface area contributed by atoms with Gasteiger partial charge < -0.3 is 19.4 Å². The lowest BCUT2D eigenvalue weighted by Crippen LogP contribution is -2.42. The van der Waals surface area contributed by atoms with Crippen LogP contribution in [0.25, 0.3) is 0 Å². The number of rotatable bonds is 4. The zero-order valence-corrected chi connectivity index (χ0v) is 14.4. The number of aryl methyl sites for hydroxylation is 1. The highest BCUT2D eigenvalue weighted by Crippen LogP contribution is 2.24. The van der Waals surface area contributed by atoms with Crippen LogP contribution >= 0.6 is 0 Å². The number of imidazole rings is 1. The first-order chi connectivity index (χ1) is 12.2. The van der Waals surface area contributed by atoms with Crippen molar-refractivity contribution >= 4 is 5.91 Å². The lowest BCUT2D eigenvalue weighted by atomic mass is 10.0. The number of hydrogen-bond acceptors (Lipinski definition) is 4. The van der Waals surface area contributed by atoms with Gasteiger partial charge in [-0.3, -0.25) is 4.79 Å². The van der Waals surface area contributed by atoms with Crippen LogP contribution in [0.15, 0.2) is 30.5 Å². The van der Waals surface area contributed by atoms with E-state index in [4.69, 9.17) is 9.47 Å². The van der Waals surface area contributed by atoms with E-state index in [1.807, 2.05) is 42.0 Å². The minimum absolute atomic E-state index is 0.0303. The fourth-order valence-corrected chi connectivity index (χ4v) is 3.57. The van der Waals surface area contributed by atoms with Crippen LogP contribution in [-0.4, -0.2) is 40.8 Å². The molecule has 6 nitrogen and oxygen atoms in total. The number of ether oxygens (including phenoxy) is 2. The van der Waals surface area contributed by atoms with Gasteiger partial charge in [0.1, 0.15) is 23.9 Å². The lowest BCUT2D eigenvalue weighted by molar-refractivity contribution is 0.0363. The van der Waals surface area contributed by atoms with Crippen molar-refractivity contribution < 1.29 is 14.3 Å². The Kier molecular flexibility index (Phi) is 4.44. The average molecular weight is 341 g/mol. The fourth-order valence-electron chi connectivity index (χ4n) is 3.57. The monoisotopic (exact) mass is 341 g/mol. The zero-order valence-electron chi connectivity index (χ0n) is 14.4. The second kappa shape index (κ2) is 6.88. The van der Waals surface area contributed by atoms with E-state index in [2.05, 4.69) is 10.3 Å². The Morgan fingerprint density at radius 2 is 2.32 bits per heavy atom. The minimum atomic E-state index is -0.136. The van der Waals surface area contributed by atoms with Gasteiger partial charge in [0.2, 0.25) is 0 Å². The third-order valence-corrected chi connectivity index (χ3v) is 4.80. The number of carbonyl (C=O) groups is 1. The number of nitrogens with one attached hydrogen (secondary N) is 1. The summed E-state index contributed by atoms with van der Waals surface area (Å²) in [6.07, 6.45) is 4.64. The molecule has 132 valence electrons. The van der Waals surface area contributed by atoms with Gasteiger partial charge in [0.05, 0.1) is 18.7 Å². The molecule has 2 aliphatic rings. The van der Waals surface area contributed by atoms with Crippen LogP contribution in [0.4, 0.5) is 0 Å². The second-order valence-electron chi connectivity index (χ2n) is 6.60. The van der Waals surface area contributed by atoms with E-state index in [1.165, 1.54) is 0 Å². The van der Waals surface area contributed by atoms with Gasteiger partial charge in [-0.1, -0.05) is 18.2 Å². The topological polar surface area (TPSA) is 65.4 Å². The van der Waals surface area contributed by atoms with Crippen molar-refractivity contribution in [3.8, 4) is 5.75 Å². The maximum atomic E-state index is 12.6. The van der Waals surface area contributed by atoms with Gasteiger partial charge in [0.25, 0.3) is 5.91 Å². The molecule has 4 rings (SSSR count). The van der Waals surface area contributed by atoms with Crippen molar-refractivity contribution in [3.63, 3.8) is 0 Å². The maximum absolute atomic E-state index is 12.6. The molecule has 6 heteroatoms. The summed E-state index contributed by atoms with van der Waals surface area (Å²) in [5.41, 5.74) is 1.61. The Bertz CT molecular complexity index is 771. The summed E-state index contributed by atoms with van der Waals surface area (Å²) in [5, 5.41) is 3.05. The molecule has 1 aromatic carbocycles. The highest BCUT2D eigenvalue weighted by atomic mass is 16.5. The Labute approximate surface area is 147 Å². The highest BCUT2D eigenvalue weighted by Gasteiger charge is 2.25. The molecule has 3 heterocycles. The predicted octanol–water partition coefficient (Wildman–Crippen LogP) is 1.97. The second-order valence-corrected chi connectivity index (χ2v) is 6.60. The van der Waals surface area contributed by atoms with Crippen LogP contribution < -0.4 is 10.1 Å². The van der Waals surface area contributed by atoms with Crippen LogP contribution in [0.1, 0.15) is 35.2 Å². The molecule has 2 atom stereocenters. The predicted molar refractivity (Wildman–Crippen MR) is 92.9 cm³/mol. The third kappa shape index (κ3) is 3.39. The van der Waals surface area contributed by atoms with Crippen LogP contribution in [-0.2, 0) is 24.1 Å². The van der Waals surface area contributed by atoms with Gasteiger partial charge in [-0.25, -0.2) is 4.98 Å². The molecule has 25 heavy (non-hydrogen) atoms. The molecule has 1 amide bonds. The fraction of sp³-hybridized carbons (Fsp3) is 0.474. The highest BCUT2D eigenvalue weighted by molar-refractivity contribution is 5.92. The first kappa shape index (κ1) is 16.1. The quantitative estimate of drug-likeness (QED) is 0.923. The molecule has 1 N–H and O–H groups in total. The van der Waals surface area contributed by atoms with Gasteiger partial charge in [-0.2, -0.15) is 0 Å². The molecule has 0 radical (unpaired) electrons.